The van der Waals surface area contributed by atoms with Gasteiger partial charge in [-0.1, -0.05) is 18.2 Å². The standard InChI is InChI=1S/C13H10N2O2/c1-10-7-12(8-13(16)17-10)15-9-14-11-5-3-2-4-6-11/h2-8H,1H3. The summed E-state index contributed by atoms with van der Waals surface area (Å²) in [5.74, 6) is 0.512. The highest BCUT2D eigenvalue weighted by atomic mass is 16.4. The highest BCUT2D eigenvalue weighted by Crippen LogP contribution is 2.11. The molecule has 84 valence electrons. The molecule has 0 aliphatic heterocycles. The molecule has 0 saturated heterocycles. The highest BCUT2D eigenvalue weighted by Gasteiger charge is 1.94. The van der Waals surface area contributed by atoms with E-state index in [-0.39, 0.29) is 0 Å². The Morgan fingerprint density at radius 1 is 1.06 bits per heavy atom. The molecule has 0 radical (unpaired) electrons. The first-order chi connectivity index (χ1) is 8.24. The predicted octanol–water partition coefficient (Wildman–Crippen LogP) is 3.09. The predicted molar refractivity (Wildman–Crippen MR) is 65.3 cm³/mol. The summed E-state index contributed by atoms with van der Waals surface area (Å²) in [6.07, 6.45) is 0. The molecular formula is C13H10N2O2. The molecule has 0 saturated carbocycles. The third-order valence-electron chi connectivity index (χ3n) is 1.99. The molecule has 0 amide bonds. The maximum Gasteiger partial charge on any atom is 0.338 e. The molecule has 17 heavy (non-hydrogen) atoms. The molecule has 0 N–H and O–H groups in total. The van der Waals surface area contributed by atoms with Gasteiger partial charge < -0.3 is 4.42 Å². The van der Waals surface area contributed by atoms with Crippen LogP contribution in [0.2, 0.25) is 0 Å². The monoisotopic (exact) mass is 226 g/mol. The van der Waals surface area contributed by atoms with Gasteiger partial charge in [0.1, 0.15) is 11.8 Å². The van der Waals surface area contributed by atoms with Gasteiger partial charge in [0.05, 0.1) is 17.4 Å². The van der Waals surface area contributed by atoms with Crippen molar-refractivity contribution in [2.45, 2.75) is 6.92 Å². The molecule has 0 aliphatic rings. The summed E-state index contributed by atoms with van der Waals surface area (Å²) in [5.41, 5.74) is 0.819. The second kappa shape index (κ2) is 5.05. The lowest BCUT2D eigenvalue weighted by atomic mass is 10.3. The number of aliphatic imine (C=N–C) groups is 2. The van der Waals surface area contributed by atoms with Crippen LogP contribution >= 0.6 is 0 Å². The Morgan fingerprint density at radius 3 is 2.47 bits per heavy atom. The third-order valence-corrected chi connectivity index (χ3v) is 1.99. The average molecular weight is 226 g/mol. The van der Waals surface area contributed by atoms with Gasteiger partial charge in [-0.3, -0.25) is 0 Å². The van der Waals surface area contributed by atoms with Crippen molar-refractivity contribution in [3.63, 3.8) is 0 Å². The van der Waals surface area contributed by atoms with Crippen LogP contribution in [0.1, 0.15) is 5.76 Å². The number of benzene rings is 1. The van der Waals surface area contributed by atoms with Crippen LogP contribution in [0.25, 0.3) is 0 Å². The molecule has 2 rings (SSSR count). The Kier molecular flexibility index (Phi) is 3.28. The Labute approximate surface area is 98.0 Å². The molecule has 0 spiro atoms. The van der Waals surface area contributed by atoms with Crippen molar-refractivity contribution < 1.29 is 4.42 Å². The fourth-order valence-electron chi connectivity index (χ4n) is 1.30. The Bertz CT molecular complexity index is 623. The Balaban J connectivity index is 2.26. The molecule has 4 heteroatoms. The highest BCUT2D eigenvalue weighted by molar-refractivity contribution is 5.57. The average Bonchev–Trinajstić information content (AvgIpc) is 2.29. The Hall–Kier alpha value is -2.45. The van der Waals surface area contributed by atoms with Crippen molar-refractivity contribution in [3.8, 4) is 0 Å². The summed E-state index contributed by atoms with van der Waals surface area (Å²) in [6, 6.07) is 14.8. The van der Waals surface area contributed by atoms with Crippen LogP contribution in [0.5, 0.6) is 0 Å². The van der Waals surface area contributed by atoms with Gasteiger partial charge in [-0.15, -0.1) is 0 Å². The van der Waals surface area contributed by atoms with E-state index in [9.17, 15) is 4.79 Å². The van der Waals surface area contributed by atoms with Crippen LogP contribution in [-0.4, -0.2) is 6.01 Å². The quantitative estimate of drug-likeness (QED) is 0.739. The van der Waals surface area contributed by atoms with Crippen LogP contribution in [-0.2, 0) is 0 Å². The first-order valence-corrected chi connectivity index (χ1v) is 5.07. The number of para-hydroxylation sites is 1. The maximum absolute atomic E-state index is 11.1. The van der Waals surface area contributed by atoms with Gasteiger partial charge in [0.25, 0.3) is 0 Å². The lowest BCUT2D eigenvalue weighted by Gasteiger charge is -1.91. The van der Waals surface area contributed by atoms with E-state index in [4.69, 9.17) is 4.42 Å². The van der Waals surface area contributed by atoms with E-state index in [1.165, 1.54) is 6.07 Å². The van der Waals surface area contributed by atoms with Gasteiger partial charge in [-0.2, -0.15) is 9.98 Å². The topological polar surface area (TPSA) is 54.9 Å². The van der Waals surface area contributed by atoms with Gasteiger partial charge in [0.15, 0.2) is 0 Å². The molecule has 0 unspecified atom stereocenters. The zero-order valence-corrected chi connectivity index (χ0v) is 9.25. The molecule has 0 bridgehead atoms. The molecule has 2 aromatic rings. The summed E-state index contributed by atoms with van der Waals surface area (Å²) < 4.78 is 4.81. The van der Waals surface area contributed by atoms with Gasteiger partial charge in [-0.25, -0.2) is 4.79 Å². The number of hydrogen-bond donors (Lipinski definition) is 0. The first kappa shape index (κ1) is 11.0. The fraction of sp³-hybridized carbons (Fsp3) is 0.0769. The van der Waals surface area contributed by atoms with Crippen LogP contribution < -0.4 is 5.63 Å². The molecule has 0 atom stereocenters. The molecule has 1 aromatic carbocycles. The summed E-state index contributed by atoms with van der Waals surface area (Å²) in [7, 11) is 0. The Morgan fingerprint density at radius 2 is 1.76 bits per heavy atom. The van der Waals surface area contributed by atoms with Crippen molar-refractivity contribution in [1.82, 2.24) is 0 Å². The minimum absolute atomic E-state index is 0.426. The molecule has 1 aromatic heterocycles. The zero-order valence-electron chi connectivity index (χ0n) is 9.25. The number of rotatable bonds is 2. The van der Waals surface area contributed by atoms with Crippen molar-refractivity contribution in [1.29, 1.82) is 0 Å². The van der Waals surface area contributed by atoms with Gasteiger partial charge in [0, 0.05) is 6.07 Å². The number of nitrogens with zero attached hydrogens (tertiary/aromatic N) is 2. The van der Waals surface area contributed by atoms with E-state index in [1.54, 1.807) is 13.0 Å². The molecule has 0 fully saturated rings. The van der Waals surface area contributed by atoms with E-state index >= 15 is 0 Å². The van der Waals surface area contributed by atoms with Crippen LogP contribution in [0.3, 0.4) is 0 Å². The van der Waals surface area contributed by atoms with Crippen LogP contribution in [0, 0.1) is 6.92 Å². The molecule has 1 heterocycles. The SMILES string of the molecule is Cc1cc(N=C=Nc2ccccc2)cc(=O)o1. The van der Waals surface area contributed by atoms with Gasteiger partial charge in [0.2, 0.25) is 0 Å². The second-order valence-electron chi connectivity index (χ2n) is 3.40. The summed E-state index contributed by atoms with van der Waals surface area (Å²) in [6.45, 7) is 1.69. The summed E-state index contributed by atoms with van der Waals surface area (Å²) >= 11 is 0. The van der Waals surface area contributed by atoms with E-state index in [0.717, 1.165) is 5.69 Å². The second-order valence-corrected chi connectivity index (χ2v) is 3.40. The maximum atomic E-state index is 11.1. The lowest BCUT2D eigenvalue weighted by molar-refractivity contribution is 0.481. The normalized spacial score (nSPS) is 9.47. The molecule has 4 nitrogen and oxygen atoms in total. The van der Waals surface area contributed by atoms with E-state index in [1.807, 2.05) is 30.3 Å². The van der Waals surface area contributed by atoms with Crippen LogP contribution in [0.15, 0.2) is 61.7 Å². The first-order valence-electron chi connectivity index (χ1n) is 5.07. The molecular weight excluding hydrogens is 216 g/mol. The minimum atomic E-state index is -0.426. The number of hydrogen-bond acceptors (Lipinski definition) is 4. The van der Waals surface area contributed by atoms with Gasteiger partial charge >= 0.3 is 5.63 Å². The molecule has 0 aliphatic carbocycles. The number of aryl methyl sites for hydroxylation is 1. The van der Waals surface area contributed by atoms with Crippen molar-refractivity contribution >= 4 is 17.4 Å². The fourth-order valence-corrected chi connectivity index (χ4v) is 1.30. The van der Waals surface area contributed by atoms with Crippen molar-refractivity contribution in [3.05, 3.63) is 58.6 Å². The zero-order chi connectivity index (χ0) is 12.1. The van der Waals surface area contributed by atoms with Gasteiger partial charge in [-0.05, 0) is 19.1 Å². The third kappa shape index (κ3) is 3.26. The lowest BCUT2D eigenvalue weighted by Crippen LogP contribution is -1.95. The van der Waals surface area contributed by atoms with E-state index in [2.05, 4.69) is 16.0 Å². The van der Waals surface area contributed by atoms with Crippen LogP contribution in [0.4, 0.5) is 11.4 Å². The van der Waals surface area contributed by atoms with E-state index < -0.39 is 5.63 Å². The van der Waals surface area contributed by atoms with Crippen molar-refractivity contribution in [2.75, 3.05) is 0 Å². The summed E-state index contributed by atoms with van der Waals surface area (Å²) in [4.78, 5) is 19.0. The minimum Gasteiger partial charge on any atom is -0.428 e. The smallest absolute Gasteiger partial charge is 0.338 e. The van der Waals surface area contributed by atoms with E-state index in [0.29, 0.717) is 11.4 Å². The van der Waals surface area contributed by atoms with Crippen molar-refractivity contribution in [2.24, 2.45) is 9.98 Å². The summed E-state index contributed by atoms with van der Waals surface area (Å²) in [5, 5.41) is 0. The largest absolute Gasteiger partial charge is 0.428 e.